The molecule has 7 nitrogen and oxygen atoms in total. The van der Waals surface area contributed by atoms with E-state index in [0.29, 0.717) is 11.1 Å². The van der Waals surface area contributed by atoms with Gasteiger partial charge in [0.1, 0.15) is 16.2 Å². The van der Waals surface area contributed by atoms with E-state index in [1.807, 2.05) is 0 Å². The Bertz CT molecular complexity index is 856. The number of carbonyl (C=O) groups is 1. The van der Waals surface area contributed by atoms with Crippen LogP contribution in [0.4, 0.5) is 5.69 Å². The van der Waals surface area contributed by atoms with Crippen LogP contribution < -0.4 is 10.6 Å². The minimum absolute atomic E-state index is 0.0264. The fraction of sp³-hybridized carbons (Fsp3) is 0.500. The Hall–Kier alpha value is -2.24. The summed E-state index contributed by atoms with van der Waals surface area (Å²) in [5.74, 6) is 0.384. The molecule has 2 aromatic rings. The molecule has 2 N–H and O–H groups in total. The monoisotopic (exact) mass is 404 g/mol. The lowest BCUT2D eigenvalue weighted by atomic mass is 9.86. The van der Waals surface area contributed by atoms with Gasteiger partial charge in [0, 0.05) is 25.1 Å². The van der Waals surface area contributed by atoms with Gasteiger partial charge in [0.2, 0.25) is 5.91 Å². The molecule has 0 aliphatic heterocycles. The molecule has 0 aromatic carbocycles. The Labute approximate surface area is 167 Å². The SMILES string of the molecule is CC(=O)NC1CCC(c2nnc(-c3cnc(Cl)cc3N[C@H](C)C#N)s2)CC1. The summed E-state index contributed by atoms with van der Waals surface area (Å²) in [4.78, 5) is 15.4. The molecular weight excluding hydrogens is 384 g/mol. The maximum atomic E-state index is 11.2. The zero-order valence-electron chi connectivity index (χ0n) is 15.2. The lowest BCUT2D eigenvalue weighted by Gasteiger charge is -2.27. The molecule has 1 fully saturated rings. The number of nitrogens with zero attached hydrogens (tertiary/aromatic N) is 4. The van der Waals surface area contributed by atoms with Gasteiger partial charge in [-0.15, -0.1) is 10.2 Å². The predicted octanol–water partition coefficient (Wildman–Crippen LogP) is 3.74. The molecule has 0 bridgehead atoms. The minimum Gasteiger partial charge on any atom is -0.369 e. The second-order valence-corrected chi connectivity index (χ2v) is 8.14. The van der Waals surface area contributed by atoms with Gasteiger partial charge in [-0.05, 0) is 38.7 Å². The van der Waals surface area contributed by atoms with Crippen molar-refractivity contribution in [2.45, 2.75) is 57.5 Å². The molecule has 2 heterocycles. The predicted molar refractivity (Wildman–Crippen MR) is 106 cm³/mol. The van der Waals surface area contributed by atoms with Gasteiger partial charge in [0.05, 0.1) is 17.3 Å². The maximum absolute atomic E-state index is 11.2. The van der Waals surface area contributed by atoms with Crippen LogP contribution in [0.5, 0.6) is 0 Å². The minimum atomic E-state index is -0.362. The van der Waals surface area contributed by atoms with Crippen molar-refractivity contribution in [1.82, 2.24) is 20.5 Å². The second-order valence-electron chi connectivity index (χ2n) is 6.74. The summed E-state index contributed by atoms with van der Waals surface area (Å²) < 4.78 is 0. The summed E-state index contributed by atoms with van der Waals surface area (Å²) in [6.07, 6.45) is 5.53. The number of hydrogen-bond donors (Lipinski definition) is 2. The second kappa shape index (κ2) is 8.63. The van der Waals surface area contributed by atoms with Crippen molar-refractivity contribution in [2.24, 2.45) is 0 Å². The number of halogens is 1. The van der Waals surface area contributed by atoms with Crippen LogP contribution >= 0.6 is 22.9 Å². The van der Waals surface area contributed by atoms with Gasteiger partial charge in [0.15, 0.2) is 5.01 Å². The topological polar surface area (TPSA) is 104 Å². The van der Waals surface area contributed by atoms with E-state index in [4.69, 9.17) is 16.9 Å². The largest absolute Gasteiger partial charge is 0.369 e. The smallest absolute Gasteiger partial charge is 0.217 e. The summed E-state index contributed by atoms with van der Waals surface area (Å²) in [6, 6.07) is 3.74. The highest BCUT2D eigenvalue weighted by atomic mass is 35.5. The normalized spacial score (nSPS) is 20.5. The van der Waals surface area contributed by atoms with E-state index < -0.39 is 0 Å². The van der Waals surface area contributed by atoms with E-state index >= 15 is 0 Å². The van der Waals surface area contributed by atoms with E-state index in [2.05, 4.69) is 31.9 Å². The number of pyridine rings is 1. The van der Waals surface area contributed by atoms with Gasteiger partial charge in [-0.1, -0.05) is 22.9 Å². The van der Waals surface area contributed by atoms with Crippen molar-refractivity contribution in [3.63, 3.8) is 0 Å². The highest BCUT2D eigenvalue weighted by Gasteiger charge is 2.26. The summed E-state index contributed by atoms with van der Waals surface area (Å²) in [6.45, 7) is 3.33. The van der Waals surface area contributed by atoms with Gasteiger partial charge in [-0.25, -0.2) is 4.98 Å². The van der Waals surface area contributed by atoms with Gasteiger partial charge in [-0.2, -0.15) is 5.26 Å². The summed E-state index contributed by atoms with van der Waals surface area (Å²) in [5, 5.41) is 26.0. The van der Waals surface area contributed by atoms with Crippen LogP contribution in [-0.4, -0.2) is 33.2 Å². The van der Waals surface area contributed by atoms with Crippen LogP contribution in [0.15, 0.2) is 12.3 Å². The van der Waals surface area contributed by atoms with E-state index in [1.54, 1.807) is 37.4 Å². The average molecular weight is 405 g/mol. The molecule has 0 saturated heterocycles. The van der Waals surface area contributed by atoms with E-state index in [0.717, 1.165) is 46.9 Å². The quantitative estimate of drug-likeness (QED) is 0.735. The van der Waals surface area contributed by atoms with Crippen molar-refractivity contribution in [2.75, 3.05) is 5.32 Å². The molecule has 0 radical (unpaired) electrons. The zero-order valence-corrected chi connectivity index (χ0v) is 16.8. The lowest BCUT2D eigenvalue weighted by molar-refractivity contribution is -0.119. The molecule has 1 atom stereocenters. The van der Waals surface area contributed by atoms with Crippen LogP contribution in [0, 0.1) is 11.3 Å². The third-order valence-corrected chi connectivity index (χ3v) is 5.92. The molecule has 0 spiro atoms. The van der Waals surface area contributed by atoms with E-state index in [-0.39, 0.29) is 18.0 Å². The third-order valence-electron chi connectivity index (χ3n) is 4.59. The zero-order chi connectivity index (χ0) is 19.4. The van der Waals surface area contributed by atoms with Crippen molar-refractivity contribution in [1.29, 1.82) is 5.26 Å². The standard InChI is InChI=1S/C18H21ClN6OS/c1-10(8-20)22-15-7-16(19)21-9-14(15)18-25-24-17(27-18)12-3-5-13(6-4-12)23-11(2)26/h7,9-10,12-13H,3-6H2,1-2H3,(H,21,22)(H,23,26)/t10-,12?,13?/m1/s1. The van der Waals surface area contributed by atoms with Gasteiger partial charge in [-0.3, -0.25) is 4.79 Å². The van der Waals surface area contributed by atoms with Crippen LogP contribution in [0.1, 0.15) is 50.5 Å². The number of anilines is 1. The van der Waals surface area contributed by atoms with Crippen LogP contribution in [0.25, 0.3) is 10.6 Å². The molecule has 1 aliphatic rings. The van der Waals surface area contributed by atoms with E-state index in [1.165, 1.54) is 0 Å². The summed E-state index contributed by atoms with van der Waals surface area (Å²) >= 11 is 7.56. The molecule has 1 saturated carbocycles. The highest BCUT2D eigenvalue weighted by molar-refractivity contribution is 7.14. The molecule has 27 heavy (non-hydrogen) atoms. The van der Waals surface area contributed by atoms with Crippen molar-refractivity contribution in [3.8, 4) is 16.6 Å². The summed E-state index contributed by atoms with van der Waals surface area (Å²) in [5.41, 5.74) is 1.51. The molecule has 9 heteroatoms. The molecular formula is C18H21ClN6OS. The molecule has 142 valence electrons. The Balaban J connectivity index is 1.75. The fourth-order valence-electron chi connectivity index (χ4n) is 3.27. The number of nitrogens with one attached hydrogen (secondary N) is 2. The molecule has 3 rings (SSSR count). The molecule has 1 amide bonds. The van der Waals surface area contributed by atoms with Gasteiger partial charge >= 0.3 is 0 Å². The van der Waals surface area contributed by atoms with Gasteiger partial charge in [0.25, 0.3) is 0 Å². The van der Waals surface area contributed by atoms with Crippen molar-refractivity contribution in [3.05, 3.63) is 22.4 Å². The first kappa shape index (κ1) is 19.5. The maximum Gasteiger partial charge on any atom is 0.217 e. The number of aromatic nitrogens is 3. The Morgan fingerprint density at radius 3 is 2.78 bits per heavy atom. The fourth-order valence-corrected chi connectivity index (χ4v) is 4.46. The lowest BCUT2D eigenvalue weighted by Crippen LogP contribution is -2.35. The summed E-state index contributed by atoms with van der Waals surface area (Å²) in [7, 11) is 0. The van der Waals surface area contributed by atoms with E-state index in [9.17, 15) is 4.79 Å². The number of carbonyl (C=O) groups excluding carboxylic acids is 1. The number of nitriles is 1. The van der Waals surface area contributed by atoms with Crippen LogP contribution in [0.2, 0.25) is 5.15 Å². The number of rotatable bonds is 5. The molecule has 2 aromatic heterocycles. The van der Waals surface area contributed by atoms with Gasteiger partial charge < -0.3 is 10.6 Å². The molecule has 0 unspecified atom stereocenters. The number of hydrogen-bond acceptors (Lipinski definition) is 7. The van der Waals surface area contributed by atoms with Crippen LogP contribution in [-0.2, 0) is 4.79 Å². The van der Waals surface area contributed by atoms with Crippen LogP contribution in [0.3, 0.4) is 0 Å². The number of amides is 1. The average Bonchev–Trinajstić information content (AvgIpc) is 3.11. The van der Waals surface area contributed by atoms with Crippen molar-refractivity contribution >= 4 is 34.5 Å². The first-order valence-electron chi connectivity index (χ1n) is 8.89. The Morgan fingerprint density at radius 1 is 1.37 bits per heavy atom. The third kappa shape index (κ3) is 4.93. The first-order chi connectivity index (χ1) is 13.0. The molecule has 1 aliphatic carbocycles. The first-order valence-corrected chi connectivity index (χ1v) is 10.1. The highest BCUT2D eigenvalue weighted by Crippen LogP contribution is 2.38. The Morgan fingerprint density at radius 2 is 2.11 bits per heavy atom. The Kier molecular flexibility index (Phi) is 6.24. The van der Waals surface area contributed by atoms with Crippen molar-refractivity contribution < 1.29 is 4.79 Å².